The van der Waals surface area contributed by atoms with Gasteiger partial charge in [-0.2, -0.15) is 0 Å². The fraction of sp³-hybridized carbons (Fsp3) is 0.714. The van der Waals surface area contributed by atoms with Gasteiger partial charge in [0.1, 0.15) is 7.11 Å². The summed E-state index contributed by atoms with van der Waals surface area (Å²) in [5, 5.41) is 0. The maximum absolute atomic E-state index is 10.7. The number of cyclic esters (lactones) is 1. The van der Waals surface area contributed by atoms with Gasteiger partial charge in [-0.1, -0.05) is 13.8 Å². The van der Waals surface area contributed by atoms with Gasteiger partial charge in [0.15, 0.2) is 0 Å². The number of esters is 1. The molecule has 1 unspecified atom stereocenters. The summed E-state index contributed by atoms with van der Waals surface area (Å²) in [6, 6.07) is 0. The molecule has 0 N–H and O–H groups in total. The van der Waals surface area contributed by atoms with Crippen LogP contribution in [0.15, 0.2) is 0 Å². The van der Waals surface area contributed by atoms with Gasteiger partial charge in [0, 0.05) is 5.41 Å². The van der Waals surface area contributed by atoms with Crippen LogP contribution in [0.25, 0.3) is 0 Å². The van der Waals surface area contributed by atoms with Crippen molar-refractivity contribution in [2.45, 2.75) is 26.6 Å². The molecule has 0 bridgehead atoms. The summed E-state index contributed by atoms with van der Waals surface area (Å²) in [6.45, 7) is 3.74. The first kappa shape index (κ1) is 7.54. The number of hydrogen-bond acceptors (Lipinski definition) is 3. The molecule has 1 saturated heterocycles. The Hall–Kier alpha value is -0.570. The van der Waals surface area contributed by atoms with E-state index >= 15 is 0 Å². The molecule has 1 fully saturated rings. The van der Waals surface area contributed by atoms with E-state index in [0.717, 1.165) is 0 Å². The van der Waals surface area contributed by atoms with E-state index in [0.29, 0.717) is 6.42 Å². The van der Waals surface area contributed by atoms with Crippen molar-refractivity contribution in [1.29, 1.82) is 0 Å². The lowest BCUT2D eigenvalue weighted by atomic mass is 9.91. The van der Waals surface area contributed by atoms with Crippen molar-refractivity contribution in [1.82, 2.24) is 0 Å². The summed E-state index contributed by atoms with van der Waals surface area (Å²) < 4.78 is 9.19. The molecule has 1 heterocycles. The van der Waals surface area contributed by atoms with Crippen LogP contribution in [0.4, 0.5) is 0 Å². The monoisotopic (exact) mass is 142 g/mol. The molecule has 0 saturated carbocycles. The van der Waals surface area contributed by atoms with Gasteiger partial charge in [-0.15, -0.1) is 0 Å². The molecule has 0 aromatic rings. The number of ether oxygens (including phenoxy) is 2. The Morgan fingerprint density at radius 1 is 1.80 bits per heavy atom. The molecule has 56 valence electrons. The first-order valence-corrected chi connectivity index (χ1v) is 3.11. The van der Waals surface area contributed by atoms with E-state index < -0.39 is 6.29 Å². The standard InChI is InChI=1S/C7H10O3/c1-7(2)4-5(8)10-6(7)9-3/h3,6H,4H2,1-2H3. The Balaban J connectivity index is 2.67. The van der Waals surface area contributed by atoms with E-state index in [1.165, 1.54) is 0 Å². The predicted octanol–water partition coefficient (Wildman–Crippen LogP) is 0.971. The van der Waals surface area contributed by atoms with Crippen LogP contribution >= 0.6 is 0 Å². The highest BCUT2D eigenvalue weighted by Crippen LogP contribution is 2.34. The van der Waals surface area contributed by atoms with Crippen LogP contribution in [-0.2, 0) is 14.3 Å². The van der Waals surface area contributed by atoms with Crippen molar-refractivity contribution < 1.29 is 14.3 Å². The largest absolute Gasteiger partial charge is 0.435 e. The van der Waals surface area contributed by atoms with Crippen LogP contribution in [-0.4, -0.2) is 12.3 Å². The summed E-state index contributed by atoms with van der Waals surface area (Å²) in [5.41, 5.74) is -0.286. The molecule has 2 radical (unpaired) electrons. The molecular formula is C7H10O3. The number of carbonyl (C=O) groups is 1. The zero-order valence-electron chi connectivity index (χ0n) is 6.09. The van der Waals surface area contributed by atoms with E-state index in [1.54, 1.807) is 0 Å². The lowest BCUT2D eigenvalue weighted by molar-refractivity contribution is -0.162. The molecule has 1 atom stereocenters. The van der Waals surface area contributed by atoms with Crippen LogP contribution in [0.2, 0.25) is 0 Å². The van der Waals surface area contributed by atoms with Crippen molar-refractivity contribution in [3.05, 3.63) is 7.11 Å². The Morgan fingerprint density at radius 2 is 2.40 bits per heavy atom. The summed E-state index contributed by atoms with van der Waals surface area (Å²) in [5.74, 6) is -0.250. The SMILES string of the molecule is [CH]OC1OC(=O)CC1(C)C. The molecule has 0 aromatic carbocycles. The van der Waals surface area contributed by atoms with Gasteiger partial charge in [-0.25, -0.2) is 0 Å². The third-order valence-corrected chi connectivity index (χ3v) is 1.60. The number of carbonyl (C=O) groups excluding carboxylic acids is 1. The topological polar surface area (TPSA) is 35.5 Å². The molecule has 3 heteroatoms. The maximum atomic E-state index is 10.7. The second kappa shape index (κ2) is 2.23. The average molecular weight is 142 g/mol. The fourth-order valence-electron chi connectivity index (χ4n) is 0.988. The first-order valence-electron chi connectivity index (χ1n) is 3.11. The Morgan fingerprint density at radius 3 is 2.60 bits per heavy atom. The van der Waals surface area contributed by atoms with Crippen molar-refractivity contribution in [2.24, 2.45) is 5.41 Å². The van der Waals surface area contributed by atoms with E-state index in [9.17, 15) is 4.79 Å². The Bertz CT molecular complexity index is 151. The molecule has 1 aliphatic rings. The maximum Gasteiger partial charge on any atom is 0.308 e. The summed E-state index contributed by atoms with van der Waals surface area (Å²) in [6.07, 6.45) is -0.213. The van der Waals surface area contributed by atoms with Crippen LogP contribution in [0.5, 0.6) is 0 Å². The van der Waals surface area contributed by atoms with E-state index in [4.69, 9.17) is 11.8 Å². The predicted molar refractivity (Wildman–Crippen MR) is 33.7 cm³/mol. The first-order chi connectivity index (χ1) is 4.56. The van der Waals surface area contributed by atoms with Gasteiger partial charge in [0.05, 0.1) is 6.42 Å². The molecule has 3 nitrogen and oxygen atoms in total. The lowest BCUT2D eigenvalue weighted by Crippen LogP contribution is -2.25. The molecule has 0 amide bonds. The van der Waals surface area contributed by atoms with Gasteiger partial charge >= 0.3 is 5.97 Å². The van der Waals surface area contributed by atoms with Crippen LogP contribution < -0.4 is 0 Å². The molecular weight excluding hydrogens is 132 g/mol. The number of hydrogen-bond donors (Lipinski definition) is 0. The summed E-state index contributed by atoms with van der Waals surface area (Å²) >= 11 is 0. The van der Waals surface area contributed by atoms with Crippen molar-refractivity contribution >= 4 is 5.97 Å². The molecule has 1 rings (SSSR count). The summed E-state index contributed by atoms with van der Waals surface area (Å²) in [7, 11) is 4.89. The zero-order valence-corrected chi connectivity index (χ0v) is 6.09. The minimum Gasteiger partial charge on any atom is -0.435 e. The highest BCUT2D eigenvalue weighted by atomic mass is 16.7. The van der Waals surface area contributed by atoms with Gasteiger partial charge in [-0.3, -0.25) is 4.79 Å². The second-order valence-corrected chi connectivity index (χ2v) is 3.12. The molecule has 0 aromatic heterocycles. The molecule has 1 aliphatic heterocycles. The van der Waals surface area contributed by atoms with Gasteiger partial charge in [-0.05, 0) is 0 Å². The van der Waals surface area contributed by atoms with Crippen molar-refractivity contribution in [3.8, 4) is 0 Å². The van der Waals surface area contributed by atoms with Crippen LogP contribution in [0.1, 0.15) is 20.3 Å². The van der Waals surface area contributed by atoms with Crippen molar-refractivity contribution in [3.63, 3.8) is 0 Å². The van der Waals surface area contributed by atoms with Gasteiger partial charge in [0.2, 0.25) is 6.29 Å². The second-order valence-electron chi connectivity index (χ2n) is 3.12. The lowest BCUT2D eigenvalue weighted by Gasteiger charge is -2.20. The van der Waals surface area contributed by atoms with E-state index in [-0.39, 0.29) is 11.4 Å². The number of rotatable bonds is 1. The minimum absolute atomic E-state index is 0.250. The quantitative estimate of drug-likeness (QED) is 0.512. The van der Waals surface area contributed by atoms with Crippen LogP contribution in [0.3, 0.4) is 0 Å². The Labute approximate surface area is 60.3 Å². The minimum atomic E-state index is -0.583. The average Bonchev–Trinajstić information content (AvgIpc) is 2.04. The van der Waals surface area contributed by atoms with Gasteiger partial charge < -0.3 is 9.47 Å². The highest BCUT2D eigenvalue weighted by Gasteiger charge is 2.42. The third kappa shape index (κ3) is 1.14. The smallest absolute Gasteiger partial charge is 0.308 e. The zero-order chi connectivity index (χ0) is 7.78. The fourth-order valence-corrected chi connectivity index (χ4v) is 0.988. The normalized spacial score (nSPS) is 30.3. The van der Waals surface area contributed by atoms with Crippen molar-refractivity contribution in [2.75, 3.05) is 0 Å². The molecule has 10 heavy (non-hydrogen) atoms. The van der Waals surface area contributed by atoms with Crippen LogP contribution in [0, 0.1) is 12.5 Å². The summed E-state index contributed by atoms with van der Waals surface area (Å²) in [4.78, 5) is 10.7. The molecule has 0 spiro atoms. The molecule has 0 aliphatic carbocycles. The van der Waals surface area contributed by atoms with E-state index in [2.05, 4.69) is 4.74 Å². The van der Waals surface area contributed by atoms with Gasteiger partial charge in [0.25, 0.3) is 0 Å². The highest BCUT2D eigenvalue weighted by molar-refractivity contribution is 5.72. The van der Waals surface area contributed by atoms with E-state index in [1.807, 2.05) is 13.8 Å². The third-order valence-electron chi connectivity index (χ3n) is 1.60. The Kier molecular flexibility index (Phi) is 1.68.